The molecule has 12 heavy (non-hydrogen) atoms. The van der Waals surface area contributed by atoms with E-state index in [1.165, 1.54) is 0 Å². The van der Waals surface area contributed by atoms with E-state index in [4.69, 9.17) is 0 Å². The third-order valence-electron chi connectivity index (χ3n) is 2.52. The predicted octanol–water partition coefficient (Wildman–Crippen LogP) is 0.400. The fourth-order valence-electron chi connectivity index (χ4n) is 1.78. The summed E-state index contributed by atoms with van der Waals surface area (Å²) in [6.45, 7) is 7.96. The zero-order valence-corrected chi connectivity index (χ0v) is 8.14. The largest absolute Gasteiger partial charge is 0.376 e. The van der Waals surface area contributed by atoms with E-state index in [0.29, 0.717) is 0 Å². The van der Waals surface area contributed by atoms with Gasteiger partial charge in [0.25, 0.3) is 0 Å². The monoisotopic (exact) mass is 172 g/mol. The summed E-state index contributed by atoms with van der Waals surface area (Å²) < 4.78 is 0. The van der Waals surface area contributed by atoms with Gasteiger partial charge >= 0.3 is 0 Å². The summed E-state index contributed by atoms with van der Waals surface area (Å²) in [6.07, 6.45) is 1.91. The van der Waals surface area contributed by atoms with E-state index in [-0.39, 0.29) is 0 Å². The molecular weight excluding hydrogens is 152 g/mol. The standard InChI is InChI=1S/C9H20N2O/c1-3-4-9(2,12)11-7-5-10-6-8-11/h10,12H,3-8H2,1-2H3. The SMILES string of the molecule is CCCC(C)(O)N1CCNCC1. The molecule has 1 unspecified atom stereocenters. The zero-order chi connectivity index (χ0) is 9.03. The van der Waals surface area contributed by atoms with Crippen molar-refractivity contribution in [1.29, 1.82) is 0 Å². The normalized spacial score (nSPS) is 25.2. The average molecular weight is 172 g/mol. The Bertz CT molecular complexity index is 130. The minimum Gasteiger partial charge on any atom is -0.376 e. The van der Waals surface area contributed by atoms with Crippen LogP contribution in [0.2, 0.25) is 0 Å². The van der Waals surface area contributed by atoms with E-state index in [1.807, 2.05) is 6.92 Å². The smallest absolute Gasteiger partial charge is 0.115 e. The average Bonchev–Trinajstić information content (AvgIpc) is 2.06. The van der Waals surface area contributed by atoms with Crippen molar-refractivity contribution in [3.05, 3.63) is 0 Å². The second-order valence-electron chi connectivity index (χ2n) is 3.70. The Morgan fingerprint density at radius 1 is 1.42 bits per heavy atom. The Morgan fingerprint density at radius 2 is 2.00 bits per heavy atom. The molecule has 0 aliphatic carbocycles. The van der Waals surface area contributed by atoms with Crippen LogP contribution >= 0.6 is 0 Å². The van der Waals surface area contributed by atoms with Crippen molar-refractivity contribution < 1.29 is 5.11 Å². The summed E-state index contributed by atoms with van der Waals surface area (Å²) in [6, 6.07) is 0. The van der Waals surface area contributed by atoms with Gasteiger partial charge in [-0.05, 0) is 13.3 Å². The highest BCUT2D eigenvalue weighted by Crippen LogP contribution is 2.17. The molecule has 2 N–H and O–H groups in total. The molecule has 1 fully saturated rings. The first-order valence-electron chi connectivity index (χ1n) is 4.85. The lowest BCUT2D eigenvalue weighted by Gasteiger charge is -2.39. The number of nitrogens with one attached hydrogen (secondary N) is 1. The summed E-state index contributed by atoms with van der Waals surface area (Å²) in [5.74, 6) is 0. The lowest BCUT2D eigenvalue weighted by molar-refractivity contribution is -0.104. The van der Waals surface area contributed by atoms with E-state index in [2.05, 4.69) is 17.1 Å². The highest BCUT2D eigenvalue weighted by atomic mass is 16.3. The third kappa shape index (κ3) is 2.44. The summed E-state index contributed by atoms with van der Waals surface area (Å²) in [4.78, 5) is 2.16. The second-order valence-corrected chi connectivity index (χ2v) is 3.70. The maximum absolute atomic E-state index is 10.0. The minimum atomic E-state index is -0.586. The fraction of sp³-hybridized carbons (Fsp3) is 1.00. The van der Waals surface area contributed by atoms with Gasteiger partial charge in [0.15, 0.2) is 0 Å². The molecule has 0 amide bonds. The quantitative estimate of drug-likeness (QED) is 0.647. The highest BCUT2D eigenvalue weighted by molar-refractivity contribution is 4.78. The van der Waals surface area contributed by atoms with Gasteiger partial charge in [0.05, 0.1) is 0 Å². The highest BCUT2D eigenvalue weighted by Gasteiger charge is 2.28. The van der Waals surface area contributed by atoms with Gasteiger partial charge in [0, 0.05) is 26.2 Å². The molecule has 0 bridgehead atoms. The van der Waals surface area contributed by atoms with Crippen LogP contribution in [0.4, 0.5) is 0 Å². The Kier molecular flexibility index (Phi) is 3.50. The van der Waals surface area contributed by atoms with Crippen LogP contribution in [0.15, 0.2) is 0 Å². The van der Waals surface area contributed by atoms with Crippen LogP contribution in [0.1, 0.15) is 26.7 Å². The van der Waals surface area contributed by atoms with E-state index >= 15 is 0 Å². The number of hydrogen-bond donors (Lipinski definition) is 2. The van der Waals surface area contributed by atoms with Gasteiger partial charge in [-0.2, -0.15) is 0 Å². The molecule has 3 heteroatoms. The molecule has 1 heterocycles. The van der Waals surface area contributed by atoms with Crippen LogP contribution in [-0.2, 0) is 0 Å². The van der Waals surface area contributed by atoms with Crippen molar-refractivity contribution in [1.82, 2.24) is 10.2 Å². The minimum absolute atomic E-state index is 0.586. The first-order chi connectivity index (χ1) is 5.67. The van der Waals surface area contributed by atoms with Crippen LogP contribution in [-0.4, -0.2) is 41.9 Å². The molecule has 1 aliphatic heterocycles. The van der Waals surface area contributed by atoms with E-state index in [0.717, 1.165) is 39.0 Å². The molecule has 1 atom stereocenters. The van der Waals surface area contributed by atoms with Gasteiger partial charge in [0.1, 0.15) is 5.72 Å². The summed E-state index contributed by atoms with van der Waals surface area (Å²) >= 11 is 0. The van der Waals surface area contributed by atoms with Gasteiger partial charge in [-0.1, -0.05) is 13.3 Å². The van der Waals surface area contributed by atoms with E-state index < -0.39 is 5.72 Å². The maximum Gasteiger partial charge on any atom is 0.115 e. The molecule has 1 rings (SSSR count). The second kappa shape index (κ2) is 4.21. The molecule has 1 aliphatic rings. The lowest BCUT2D eigenvalue weighted by Crippen LogP contribution is -2.54. The first kappa shape index (κ1) is 9.96. The lowest BCUT2D eigenvalue weighted by atomic mass is 10.1. The Morgan fingerprint density at radius 3 is 2.50 bits per heavy atom. The molecular formula is C9H20N2O. The Balaban J connectivity index is 2.41. The van der Waals surface area contributed by atoms with Crippen LogP contribution in [0.3, 0.4) is 0 Å². The van der Waals surface area contributed by atoms with Crippen molar-refractivity contribution in [3.8, 4) is 0 Å². The predicted molar refractivity (Wildman–Crippen MR) is 50.0 cm³/mol. The molecule has 72 valence electrons. The number of aliphatic hydroxyl groups is 1. The van der Waals surface area contributed by atoms with Gasteiger partial charge in [-0.3, -0.25) is 4.90 Å². The maximum atomic E-state index is 10.0. The van der Waals surface area contributed by atoms with Crippen molar-refractivity contribution >= 4 is 0 Å². The van der Waals surface area contributed by atoms with Gasteiger partial charge in [-0.15, -0.1) is 0 Å². The number of piperazine rings is 1. The van der Waals surface area contributed by atoms with Crippen molar-refractivity contribution in [2.24, 2.45) is 0 Å². The van der Waals surface area contributed by atoms with Crippen LogP contribution in [0, 0.1) is 0 Å². The molecule has 0 aromatic heterocycles. The molecule has 3 nitrogen and oxygen atoms in total. The molecule has 0 aromatic carbocycles. The Hall–Kier alpha value is -0.120. The number of nitrogens with zero attached hydrogens (tertiary/aromatic N) is 1. The number of rotatable bonds is 3. The van der Waals surface area contributed by atoms with Gasteiger partial charge in [0.2, 0.25) is 0 Å². The van der Waals surface area contributed by atoms with Crippen molar-refractivity contribution in [2.75, 3.05) is 26.2 Å². The summed E-state index contributed by atoms with van der Waals surface area (Å²) in [5, 5.41) is 13.3. The molecule has 0 spiro atoms. The van der Waals surface area contributed by atoms with Crippen LogP contribution < -0.4 is 5.32 Å². The third-order valence-corrected chi connectivity index (χ3v) is 2.52. The summed E-state index contributed by atoms with van der Waals surface area (Å²) in [7, 11) is 0. The molecule has 1 saturated heterocycles. The van der Waals surface area contributed by atoms with Crippen LogP contribution in [0.5, 0.6) is 0 Å². The fourth-order valence-corrected chi connectivity index (χ4v) is 1.78. The van der Waals surface area contributed by atoms with Gasteiger partial charge in [-0.25, -0.2) is 0 Å². The van der Waals surface area contributed by atoms with Crippen LogP contribution in [0.25, 0.3) is 0 Å². The Labute approximate surface area is 74.8 Å². The first-order valence-corrected chi connectivity index (χ1v) is 4.85. The van der Waals surface area contributed by atoms with Crippen molar-refractivity contribution in [2.45, 2.75) is 32.4 Å². The number of hydrogen-bond acceptors (Lipinski definition) is 3. The molecule has 0 saturated carbocycles. The molecule has 0 radical (unpaired) electrons. The summed E-state index contributed by atoms with van der Waals surface area (Å²) in [5.41, 5.74) is -0.586. The molecule has 0 aromatic rings. The zero-order valence-electron chi connectivity index (χ0n) is 8.14. The van der Waals surface area contributed by atoms with Gasteiger partial charge < -0.3 is 10.4 Å². The van der Waals surface area contributed by atoms with Crippen molar-refractivity contribution in [3.63, 3.8) is 0 Å². The topological polar surface area (TPSA) is 35.5 Å². The van der Waals surface area contributed by atoms with E-state index in [1.54, 1.807) is 0 Å². The van der Waals surface area contributed by atoms with E-state index in [9.17, 15) is 5.11 Å².